The number of hydrogen-bond acceptors (Lipinski definition) is 2. The zero-order chi connectivity index (χ0) is 13.0. The summed E-state index contributed by atoms with van der Waals surface area (Å²) in [5.41, 5.74) is 1.30. The van der Waals surface area contributed by atoms with Gasteiger partial charge in [-0.3, -0.25) is 0 Å². The Morgan fingerprint density at radius 1 is 1.17 bits per heavy atom. The van der Waals surface area contributed by atoms with E-state index in [0.717, 1.165) is 5.75 Å². The highest BCUT2D eigenvalue weighted by molar-refractivity contribution is 5.30. The standard InChI is InChI=1S/C16H25NO/c1-12(2)17-13(3)14-7-6-10-16(11-14)18-15-8-4-5-9-15/h6-7,10-13,15,17H,4-5,8-9H2,1-3H3/t13-/m0/s1. The molecule has 1 aliphatic carbocycles. The normalized spacial score (nSPS) is 18.2. The van der Waals surface area contributed by atoms with E-state index in [9.17, 15) is 0 Å². The molecule has 2 heteroatoms. The Hall–Kier alpha value is -1.02. The quantitative estimate of drug-likeness (QED) is 0.847. The summed E-state index contributed by atoms with van der Waals surface area (Å²) in [4.78, 5) is 0. The third-order valence-corrected chi connectivity index (χ3v) is 3.55. The van der Waals surface area contributed by atoms with Crippen molar-refractivity contribution in [1.82, 2.24) is 5.32 Å². The number of rotatable bonds is 5. The lowest BCUT2D eigenvalue weighted by Crippen LogP contribution is -2.26. The lowest BCUT2D eigenvalue weighted by atomic mass is 10.1. The molecule has 2 rings (SSSR count). The maximum atomic E-state index is 6.04. The summed E-state index contributed by atoms with van der Waals surface area (Å²) >= 11 is 0. The minimum atomic E-state index is 0.372. The minimum Gasteiger partial charge on any atom is -0.490 e. The van der Waals surface area contributed by atoms with E-state index in [1.54, 1.807) is 0 Å². The first-order valence-electron chi connectivity index (χ1n) is 7.18. The first-order valence-corrected chi connectivity index (χ1v) is 7.18. The zero-order valence-corrected chi connectivity index (χ0v) is 11.8. The average Bonchev–Trinajstić information content (AvgIpc) is 2.81. The second-order valence-corrected chi connectivity index (χ2v) is 5.64. The summed E-state index contributed by atoms with van der Waals surface area (Å²) in [6, 6.07) is 9.39. The molecule has 1 fully saturated rings. The van der Waals surface area contributed by atoms with Crippen molar-refractivity contribution in [1.29, 1.82) is 0 Å². The average molecular weight is 247 g/mol. The molecule has 1 aromatic rings. The summed E-state index contributed by atoms with van der Waals surface area (Å²) in [7, 11) is 0. The third kappa shape index (κ3) is 3.74. The molecule has 1 aromatic carbocycles. The molecule has 0 bridgehead atoms. The molecule has 0 spiro atoms. The Morgan fingerprint density at radius 3 is 2.56 bits per heavy atom. The van der Waals surface area contributed by atoms with Crippen molar-refractivity contribution in [3.63, 3.8) is 0 Å². The molecular formula is C16H25NO. The van der Waals surface area contributed by atoms with Crippen LogP contribution >= 0.6 is 0 Å². The molecule has 2 nitrogen and oxygen atoms in total. The number of nitrogens with one attached hydrogen (secondary N) is 1. The first kappa shape index (κ1) is 13.4. The van der Waals surface area contributed by atoms with Crippen LogP contribution in [0.5, 0.6) is 5.75 Å². The third-order valence-electron chi connectivity index (χ3n) is 3.55. The van der Waals surface area contributed by atoms with E-state index in [0.29, 0.717) is 18.2 Å². The molecular weight excluding hydrogens is 222 g/mol. The van der Waals surface area contributed by atoms with Crippen LogP contribution in [-0.2, 0) is 0 Å². The fraction of sp³-hybridized carbons (Fsp3) is 0.625. The highest BCUT2D eigenvalue weighted by atomic mass is 16.5. The van der Waals surface area contributed by atoms with Gasteiger partial charge in [0, 0.05) is 12.1 Å². The number of ether oxygens (including phenoxy) is 1. The Bertz CT molecular complexity index is 369. The molecule has 1 atom stereocenters. The molecule has 0 radical (unpaired) electrons. The van der Waals surface area contributed by atoms with Crippen LogP contribution in [0.1, 0.15) is 58.1 Å². The molecule has 1 saturated carbocycles. The first-order chi connectivity index (χ1) is 8.65. The molecule has 100 valence electrons. The van der Waals surface area contributed by atoms with Gasteiger partial charge in [-0.05, 0) is 50.3 Å². The largest absolute Gasteiger partial charge is 0.490 e. The van der Waals surface area contributed by atoms with Gasteiger partial charge in [-0.25, -0.2) is 0 Å². The molecule has 0 amide bonds. The van der Waals surface area contributed by atoms with E-state index in [1.165, 1.54) is 31.2 Å². The van der Waals surface area contributed by atoms with Crippen molar-refractivity contribution in [3.8, 4) is 5.75 Å². The fourth-order valence-electron chi connectivity index (χ4n) is 2.65. The predicted octanol–water partition coefficient (Wildman–Crippen LogP) is 4.07. The van der Waals surface area contributed by atoms with Crippen molar-refractivity contribution >= 4 is 0 Å². The lowest BCUT2D eigenvalue weighted by Gasteiger charge is -2.19. The van der Waals surface area contributed by atoms with Crippen LogP contribution < -0.4 is 10.1 Å². The summed E-state index contributed by atoms with van der Waals surface area (Å²) in [5, 5.41) is 3.52. The molecule has 1 N–H and O–H groups in total. The van der Waals surface area contributed by atoms with Gasteiger partial charge in [0.1, 0.15) is 5.75 Å². The van der Waals surface area contributed by atoms with Crippen LogP contribution in [0.2, 0.25) is 0 Å². The summed E-state index contributed by atoms with van der Waals surface area (Å²) < 4.78 is 6.04. The van der Waals surface area contributed by atoms with Crippen LogP contribution in [0.15, 0.2) is 24.3 Å². The molecule has 18 heavy (non-hydrogen) atoms. The topological polar surface area (TPSA) is 21.3 Å². The van der Waals surface area contributed by atoms with Crippen molar-refractivity contribution in [2.24, 2.45) is 0 Å². The van der Waals surface area contributed by atoms with Crippen molar-refractivity contribution in [2.45, 2.75) is 64.6 Å². The maximum absolute atomic E-state index is 6.04. The van der Waals surface area contributed by atoms with Gasteiger partial charge in [0.25, 0.3) is 0 Å². The lowest BCUT2D eigenvalue weighted by molar-refractivity contribution is 0.209. The van der Waals surface area contributed by atoms with Gasteiger partial charge < -0.3 is 10.1 Å². The monoisotopic (exact) mass is 247 g/mol. The van der Waals surface area contributed by atoms with E-state index in [1.807, 2.05) is 0 Å². The van der Waals surface area contributed by atoms with E-state index in [-0.39, 0.29) is 0 Å². The van der Waals surface area contributed by atoms with E-state index < -0.39 is 0 Å². The number of benzene rings is 1. The van der Waals surface area contributed by atoms with Gasteiger partial charge in [0.2, 0.25) is 0 Å². The highest BCUT2D eigenvalue weighted by Crippen LogP contribution is 2.26. The number of hydrogen-bond donors (Lipinski definition) is 1. The van der Waals surface area contributed by atoms with Crippen LogP contribution in [-0.4, -0.2) is 12.1 Å². The van der Waals surface area contributed by atoms with E-state index >= 15 is 0 Å². The summed E-state index contributed by atoms with van der Waals surface area (Å²) in [6.45, 7) is 6.56. The SMILES string of the molecule is CC(C)N[C@@H](C)c1cccc(OC2CCCC2)c1. The van der Waals surface area contributed by atoms with Gasteiger partial charge >= 0.3 is 0 Å². The van der Waals surface area contributed by atoms with Crippen molar-refractivity contribution in [3.05, 3.63) is 29.8 Å². The fourth-order valence-corrected chi connectivity index (χ4v) is 2.65. The Balaban J connectivity index is 1.99. The van der Waals surface area contributed by atoms with Gasteiger partial charge in [0.05, 0.1) is 6.10 Å². The highest BCUT2D eigenvalue weighted by Gasteiger charge is 2.16. The second-order valence-electron chi connectivity index (χ2n) is 5.64. The molecule has 1 aliphatic rings. The van der Waals surface area contributed by atoms with Crippen LogP contribution in [0.4, 0.5) is 0 Å². The zero-order valence-electron chi connectivity index (χ0n) is 11.8. The van der Waals surface area contributed by atoms with Crippen molar-refractivity contribution < 1.29 is 4.74 Å². The van der Waals surface area contributed by atoms with Crippen molar-refractivity contribution in [2.75, 3.05) is 0 Å². The second kappa shape index (κ2) is 6.24. The van der Waals surface area contributed by atoms with Crippen LogP contribution in [0.3, 0.4) is 0 Å². The summed E-state index contributed by atoms with van der Waals surface area (Å²) in [5.74, 6) is 1.02. The molecule has 0 aliphatic heterocycles. The van der Waals surface area contributed by atoms with Gasteiger partial charge in [-0.2, -0.15) is 0 Å². The van der Waals surface area contributed by atoms with Gasteiger partial charge in [0.15, 0.2) is 0 Å². The van der Waals surface area contributed by atoms with Gasteiger partial charge in [-0.15, -0.1) is 0 Å². The molecule has 0 heterocycles. The van der Waals surface area contributed by atoms with Crippen LogP contribution in [0.25, 0.3) is 0 Å². The Kier molecular flexibility index (Phi) is 4.65. The molecule has 0 aromatic heterocycles. The smallest absolute Gasteiger partial charge is 0.120 e. The van der Waals surface area contributed by atoms with Crippen LogP contribution in [0, 0.1) is 0 Å². The van der Waals surface area contributed by atoms with Gasteiger partial charge in [-0.1, -0.05) is 26.0 Å². The Morgan fingerprint density at radius 2 is 1.89 bits per heavy atom. The van der Waals surface area contributed by atoms with E-state index in [4.69, 9.17) is 4.74 Å². The Labute approximate surface area is 111 Å². The molecule has 0 saturated heterocycles. The maximum Gasteiger partial charge on any atom is 0.120 e. The minimum absolute atomic E-state index is 0.372. The molecule has 0 unspecified atom stereocenters. The van der Waals surface area contributed by atoms with E-state index in [2.05, 4.69) is 50.4 Å². The summed E-state index contributed by atoms with van der Waals surface area (Å²) in [6.07, 6.45) is 5.49. The predicted molar refractivity (Wildman–Crippen MR) is 76.0 cm³/mol.